The van der Waals surface area contributed by atoms with E-state index in [1.165, 1.54) is 65.7 Å². The SMILES string of the molecule is Cc1ccc(-c2cc(-c3cc4ccccc4o3)c3ccc4c(-c5cccc(C(C)(C)C)c5)cc(-c5cc6ccccc6o5)c5ccc2c3c45)cc1.c1ccc(-c2ccc3ccc4ccc(-c5cccc(-c6ccc7ccc8ccc(-c9ccccc9)nc8c7n6)c5)nc4c3n2)cc1. The lowest BCUT2D eigenvalue weighted by molar-refractivity contribution is 0.590. The van der Waals surface area contributed by atoms with Crippen LogP contribution in [-0.4, -0.2) is 19.9 Å². The normalized spacial score (nSPS) is 11.9. The van der Waals surface area contributed by atoms with Crippen LogP contribution >= 0.6 is 0 Å². The standard InChI is InChI=1S/C49H36O2.C42H26N4/c1-29-16-18-30(19-17-29)39-27-41(45-25-32-10-5-7-14-43(32)50-45)37-23-21-36-40(31-12-9-13-34(24-31)49(2,3)4)28-42(38-22-20-35(39)47(37)48(36)38)46-26-33-11-6-8-15-44(33)51-46;1-3-8-27(9-4-1)35-22-18-29-14-16-31-20-24-37(45-41(31)39(29)43-35)33-12-7-13-34(26-33)38-25-21-32-17-15-30-19-23-36(28-10-5-2-6-11-28)44-40(30)42(32)46-38/h5-28H,1-4H3;1-26H. The molecule has 13 aromatic carbocycles. The van der Waals surface area contributed by atoms with E-state index in [-0.39, 0.29) is 5.41 Å². The van der Waals surface area contributed by atoms with Crippen molar-refractivity contribution in [3.05, 3.63) is 314 Å². The number of aryl methyl sites for hydroxylation is 1. The molecule has 6 heteroatoms. The van der Waals surface area contributed by atoms with Gasteiger partial charge in [0.25, 0.3) is 0 Å². The largest absolute Gasteiger partial charge is 0.456 e. The van der Waals surface area contributed by atoms with E-state index in [1.54, 1.807) is 0 Å². The third kappa shape index (κ3) is 10.2. The molecule has 0 aliphatic rings. The molecule has 0 amide bonds. The first-order chi connectivity index (χ1) is 47.6. The molecule has 0 aliphatic carbocycles. The second kappa shape index (κ2) is 23.0. The lowest BCUT2D eigenvalue weighted by Crippen LogP contribution is -2.10. The molecule has 6 nitrogen and oxygen atoms in total. The van der Waals surface area contributed by atoms with E-state index in [9.17, 15) is 0 Å². The summed E-state index contributed by atoms with van der Waals surface area (Å²) in [6.45, 7) is 8.98. The van der Waals surface area contributed by atoms with Crippen molar-refractivity contribution in [2.75, 3.05) is 0 Å². The van der Waals surface area contributed by atoms with E-state index in [1.807, 2.05) is 54.6 Å². The van der Waals surface area contributed by atoms with Crippen molar-refractivity contribution in [2.45, 2.75) is 33.1 Å². The third-order valence-corrected chi connectivity index (χ3v) is 19.3. The van der Waals surface area contributed by atoms with Gasteiger partial charge in [0.1, 0.15) is 22.7 Å². The van der Waals surface area contributed by atoms with Crippen LogP contribution in [0.2, 0.25) is 0 Å². The molecule has 0 spiro atoms. The molecular weight excluding hydrogens is 1180 g/mol. The molecule has 0 bridgehead atoms. The van der Waals surface area contributed by atoms with E-state index < -0.39 is 0 Å². The molecule has 0 N–H and O–H groups in total. The van der Waals surface area contributed by atoms with Crippen LogP contribution in [0.5, 0.6) is 0 Å². The van der Waals surface area contributed by atoms with Crippen LogP contribution in [-0.2, 0) is 5.41 Å². The molecule has 0 atom stereocenters. The van der Waals surface area contributed by atoms with Crippen molar-refractivity contribution >= 4 is 97.9 Å². The molecule has 19 rings (SSSR count). The molecule has 0 unspecified atom stereocenters. The minimum Gasteiger partial charge on any atom is -0.456 e. The Morgan fingerprint density at radius 1 is 0.258 bits per heavy atom. The number of rotatable bonds is 8. The molecular formula is C91H62N4O2. The van der Waals surface area contributed by atoms with E-state index in [2.05, 4.69) is 276 Å². The Morgan fingerprint density at radius 2 is 0.619 bits per heavy atom. The summed E-state index contributed by atoms with van der Waals surface area (Å²) in [5, 5.41) is 13.8. The highest BCUT2D eigenvalue weighted by atomic mass is 16.3. The highest BCUT2D eigenvalue weighted by Crippen LogP contribution is 2.50. The molecule has 6 aromatic heterocycles. The number of fused-ring (bicyclic) bond motifs is 8. The van der Waals surface area contributed by atoms with Crippen LogP contribution in [0.4, 0.5) is 0 Å². The Hall–Kier alpha value is -12.4. The van der Waals surface area contributed by atoms with E-state index in [0.29, 0.717) is 0 Å². The van der Waals surface area contributed by atoms with Gasteiger partial charge < -0.3 is 8.83 Å². The molecule has 97 heavy (non-hydrogen) atoms. The fourth-order valence-electron chi connectivity index (χ4n) is 14.2. The van der Waals surface area contributed by atoms with Gasteiger partial charge in [0.2, 0.25) is 0 Å². The predicted octanol–water partition coefficient (Wildman–Crippen LogP) is 24.9. The van der Waals surface area contributed by atoms with Gasteiger partial charge in [0, 0.05) is 65.7 Å². The van der Waals surface area contributed by atoms with Crippen molar-refractivity contribution in [3.63, 3.8) is 0 Å². The Balaban J connectivity index is 0.000000142. The summed E-state index contributed by atoms with van der Waals surface area (Å²) in [5.74, 6) is 1.75. The average molecular weight is 1240 g/mol. The Morgan fingerprint density at radius 3 is 1.05 bits per heavy atom. The molecule has 458 valence electrons. The van der Waals surface area contributed by atoms with Gasteiger partial charge in [0.15, 0.2) is 0 Å². The Labute approximate surface area is 560 Å². The molecule has 0 saturated carbocycles. The maximum absolute atomic E-state index is 6.63. The number of benzene rings is 13. The number of para-hydroxylation sites is 2. The number of hydrogen-bond donors (Lipinski definition) is 0. The highest BCUT2D eigenvalue weighted by molar-refractivity contribution is 6.32. The number of pyridine rings is 4. The monoisotopic (exact) mass is 1240 g/mol. The summed E-state index contributed by atoms with van der Waals surface area (Å²) in [6, 6.07) is 107. The van der Waals surface area contributed by atoms with E-state index >= 15 is 0 Å². The first kappa shape index (κ1) is 57.3. The zero-order valence-corrected chi connectivity index (χ0v) is 54.0. The van der Waals surface area contributed by atoms with Crippen LogP contribution in [0, 0.1) is 6.92 Å². The van der Waals surface area contributed by atoms with Gasteiger partial charge in [-0.25, -0.2) is 19.9 Å². The van der Waals surface area contributed by atoms with Crippen LogP contribution in [0.3, 0.4) is 0 Å². The number of aromatic nitrogens is 4. The van der Waals surface area contributed by atoms with Gasteiger partial charge in [-0.05, 0) is 139 Å². The Bertz CT molecular complexity index is 6050. The average Bonchev–Trinajstić information content (AvgIpc) is 1.42. The molecule has 0 aliphatic heterocycles. The molecule has 0 radical (unpaired) electrons. The smallest absolute Gasteiger partial charge is 0.136 e. The third-order valence-electron chi connectivity index (χ3n) is 19.3. The van der Waals surface area contributed by atoms with Crippen LogP contribution < -0.4 is 0 Å². The van der Waals surface area contributed by atoms with Crippen molar-refractivity contribution < 1.29 is 8.83 Å². The predicted molar refractivity (Wildman–Crippen MR) is 404 cm³/mol. The fourth-order valence-corrected chi connectivity index (χ4v) is 14.2. The summed E-state index contributed by atoms with van der Waals surface area (Å²) < 4.78 is 13.2. The van der Waals surface area contributed by atoms with Crippen LogP contribution in [0.25, 0.3) is 188 Å². The minimum atomic E-state index is 0.0196. The first-order valence-electron chi connectivity index (χ1n) is 33.1. The topological polar surface area (TPSA) is 77.8 Å². The van der Waals surface area contributed by atoms with E-state index in [0.717, 1.165) is 133 Å². The van der Waals surface area contributed by atoms with Gasteiger partial charge in [-0.2, -0.15) is 0 Å². The molecule has 19 aromatic rings. The summed E-state index contributed by atoms with van der Waals surface area (Å²) in [4.78, 5) is 20.5. The summed E-state index contributed by atoms with van der Waals surface area (Å²) in [5.41, 5.74) is 22.8. The number of nitrogens with zero attached hydrogens (tertiary/aromatic N) is 4. The van der Waals surface area contributed by atoms with Crippen LogP contribution in [0.15, 0.2) is 312 Å². The highest BCUT2D eigenvalue weighted by Gasteiger charge is 2.25. The Kier molecular flexibility index (Phi) is 13.6. The lowest BCUT2D eigenvalue weighted by atomic mass is 9.81. The van der Waals surface area contributed by atoms with Crippen molar-refractivity contribution in [1.82, 2.24) is 19.9 Å². The van der Waals surface area contributed by atoms with Crippen molar-refractivity contribution in [2.24, 2.45) is 0 Å². The fraction of sp³-hybridized carbons (Fsp3) is 0.0549. The summed E-state index contributed by atoms with van der Waals surface area (Å²) in [7, 11) is 0. The maximum atomic E-state index is 6.63. The molecule has 0 fully saturated rings. The zero-order chi connectivity index (χ0) is 64.9. The van der Waals surface area contributed by atoms with Crippen LogP contribution in [0.1, 0.15) is 31.9 Å². The quantitative estimate of drug-likeness (QED) is 0.141. The molecule has 6 heterocycles. The van der Waals surface area contributed by atoms with Gasteiger partial charge >= 0.3 is 0 Å². The maximum Gasteiger partial charge on any atom is 0.136 e. The van der Waals surface area contributed by atoms with Crippen molar-refractivity contribution in [1.29, 1.82) is 0 Å². The summed E-state index contributed by atoms with van der Waals surface area (Å²) in [6.07, 6.45) is 0. The number of furan rings is 2. The van der Waals surface area contributed by atoms with Gasteiger partial charge in [-0.15, -0.1) is 0 Å². The minimum absolute atomic E-state index is 0.0196. The van der Waals surface area contributed by atoms with E-state index in [4.69, 9.17) is 28.8 Å². The number of hydrogen-bond acceptors (Lipinski definition) is 6. The first-order valence-corrected chi connectivity index (χ1v) is 33.1. The van der Waals surface area contributed by atoms with Gasteiger partial charge in [-0.1, -0.05) is 263 Å². The van der Waals surface area contributed by atoms with Gasteiger partial charge in [-0.3, -0.25) is 0 Å². The second-order valence-electron chi connectivity index (χ2n) is 26.5. The second-order valence-corrected chi connectivity index (χ2v) is 26.5. The van der Waals surface area contributed by atoms with Gasteiger partial charge in [0.05, 0.1) is 44.8 Å². The molecule has 0 saturated heterocycles. The zero-order valence-electron chi connectivity index (χ0n) is 54.0. The van der Waals surface area contributed by atoms with Crippen molar-refractivity contribution in [3.8, 4) is 89.9 Å². The summed E-state index contributed by atoms with van der Waals surface area (Å²) >= 11 is 0. The lowest BCUT2D eigenvalue weighted by Gasteiger charge is -2.22.